The van der Waals surface area contributed by atoms with Crippen LogP contribution in [0.1, 0.15) is 24.1 Å². The van der Waals surface area contributed by atoms with Crippen molar-refractivity contribution < 1.29 is 14.3 Å². The number of rotatable bonds is 8. The second-order valence-electron chi connectivity index (χ2n) is 8.67. The molecule has 2 heterocycles. The number of amides is 1. The number of allylic oxidation sites excluding steroid dienone is 1. The number of nitrogens with zero attached hydrogens (tertiary/aromatic N) is 3. The Kier molecular flexibility index (Phi) is 8.15. The summed E-state index contributed by atoms with van der Waals surface area (Å²) in [5, 5.41) is 12.3. The molecule has 1 aliphatic rings. The van der Waals surface area contributed by atoms with Crippen LogP contribution in [0.2, 0.25) is 5.02 Å². The predicted molar refractivity (Wildman–Crippen MR) is 158 cm³/mol. The van der Waals surface area contributed by atoms with E-state index in [0.717, 1.165) is 11.1 Å². The molecule has 0 aliphatic carbocycles. The van der Waals surface area contributed by atoms with E-state index in [9.17, 15) is 4.79 Å². The Bertz CT molecular complexity index is 1560. The van der Waals surface area contributed by atoms with Crippen molar-refractivity contribution in [1.82, 2.24) is 14.8 Å². The number of carbonyl (C=O) groups excluding carboxylic acids is 1. The van der Waals surface area contributed by atoms with Crippen LogP contribution in [0, 0.1) is 0 Å². The first-order valence-electron chi connectivity index (χ1n) is 12.0. The van der Waals surface area contributed by atoms with Crippen molar-refractivity contribution in [2.45, 2.75) is 23.9 Å². The molecule has 1 atom stereocenters. The number of nitrogens with one attached hydrogen (secondary N) is 2. The Hall–Kier alpha value is -3.47. The van der Waals surface area contributed by atoms with Gasteiger partial charge in [-0.25, -0.2) is 4.68 Å². The van der Waals surface area contributed by atoms with E-state index in [-0.39, 0.29) is 5.91 Å². The summed E-state index contributed by atoms with van der Waals surface area (Å²) in [5.41, 5.74) is 3.62. The van der Waals surface area contributed by atoms with Gasteiger partial charge in [-0.2, -0.15) is 4.98 Å². The Balaban J connectivity index is 1.56. The number of hydrogen-bond acceptors (Lipinski definition) is 7. The van der Waals surface area contributed by atoms with E-state index >= 15 is 0 Å². The first-order chi connectivity index (χ1) is 18.9. The van der Waals surface area contributed by atoms with Gasteiger partial charge in [-0.15, -0.1) is 5.10 Å². The molecule has 0 saturated carbocycles. The minimum absolute atomic E-state index is 0.256. The Morgan fingerprint density at radius 2 is 1.87 bits per heavy atom. The monoisotopic (exact) mass is 625 g/mol. The zero-order valence-electron chi connectivity index (χ0n) is 21.4. The van der Waals surface area contributed by atoms with E-state index in [4.69, 9.17) is 31.2 Å². The van der Waals surface area contributed by atoms with Crippen molar-refractivity contribution in [3.63, 3.8) is 0 Å². The summed E-state index contributed by atoms with van der Waals surface area (Å²) in [6.07, 6.45) is 0. The highest BCUT2D eigenvalue weighted by molar-refractivity contribution is 9.10. The van der Waals surface area contributed by atoms with Crippen LogP contribution in [0.25, 0.3) is 0 Å². The van der Waals surface area contributed by atoms with Crippen molar-refractivity contribution in [3.05, 3.63) is 98.6 Å². The van der Waals surface area contributed by atoms with Crippen LogP contribution in [-0.4, -0.2) is 34.9 Å². The van der Waals surface area contributed by atoms with Gasteiger partial charge in [-0.1, -0.05) is 59.8 Å². The van der Waals surface area contributed by atoms with Crippen molar-refractivity contribution in [2.24, 2.45) is 0 Å². The van der Waals surface area contributed by atoms with Crippen molar-refractivity contribution >= 4 is 56.8 Å². The fourth-order valence-electron chi connectivity index (χ4n) is 4.37. The summed E-state index contributed by atoms with van der Waals surface area (Å²) < 4.78 is 13.5. The highest BCUT2D eigenvalue weighted by Gasteiger charge is 2.35. The van der Waals surface area contributed by atoms with Gasteiger partial charge in [0, 0.05) is 22.2 Å². The molecule has 1 aromatic heterocycles. The number of methoxy groups -OCH3 is 2. The van der Waals surface area contributed by atoms with Gasteiger partial charge < -0.3 is 20.1 Å². The molecular formula is C28H25BrClN5O3S. The molecule has 0 saturated heterocycles. The molecule has 0 radical (unpaired) electrons. The minimum Gasteiger partial charge on any atom is -0.493 e. The number of fused-ring (bicyclic) bond motifs is 1. The van der Waals surface area contributed by atoms with Gasteiger partial charge in [-0.05, 0) is 64.3 Å². The van der Waals surface area contributed by atoms with Gasteiger partial charge in [0.1, 0.15) is 6.04 Å². The zero-order chi connectivity index (χ0) is 27.5. The number of hydrogen-bond donors (Lipinski definition) is 2. The van der Waals surface area contributed by atoms with E-state index in [0.29, 0.717) is 54.8 Å². The van der Waals surface area contributed by atoms with Gasteiger partial charge in [0.15, 0.2) is 11.5 Å². The van der Waals surface area contributed by atoms with Crippen LogP contribution in [0.5, 0.6) is 11.5 Å². The van der Waals surface area contributed by atoms with E-state index < -0.39 is 6.04 Å². The summed E-state index contributed by atoms with van der Waals surface area (Å²) >= 11 is 11.4. The molecule has 39 heavy (non-hydrogen) atoms. The second-order valence-corrected chi connectivity index (χ2v) is 10.9. The number of para-hydroxylation sites is 1. The van der Waals surface area contributed by atoms with Crippen molar-refractivity contribution in [1.29, 1.82) is 0 Å². The van der Waals surface area contributed by atoms with Crippen LogP contribution in [0.3, 0.4) is 0 Å². The quantitative estimate of drug-likeness (QED) is 0.205. The normalized spacial score (nSPS) is 14.4. The fraction of sp³-hybridized carbons (Fsp3) is 0.179. The van der Waals surface area contributed by atoms with Gasteiger partial charge in [0.25, 0.3) is 5.91 Å². The van der Waals surface area contributed by atoms with Crippen LogP contribution < -0.4 is 20.1 Å². The summed E-state index contributed by atoms with van der Waals surface area (Å²) in [4.78, 5) is 18.5. The number of aromatic nitrogens is 3. The summed E-state index contributed by atoms with van der Waals surface area (Å²) in [7, 11) is 3.15. The van der Waals surface area contributed by atoms with Crippen LogP contribution in [0.15, 0.2) is 87.6 Å². The minimum atomic E-state index is -0.594. The highest BCUT2D eigenvalue weighted by Crippen LogP contribution is 2.43. The largest absolute Gasteiger partial charge is 0.493 e. The molecule has 5 rings (SSSR count). The molecule has 200 valence electrons. The number of carbonyl (C=O) groups is 1. The number of halogens is 2. The third-order valence-corrected chi connectivity index (χ3v) is 8.04. The lowest BCUT2D eigenvalue weighted by atomic mass is 9.94. The molecule has 2 N–H and O–H groups in total. The number of ether oxygens (including phenoxy) is 2. The molecule has 1 amide bonds. The molecule has 1 unspecified atom stereocenters. The van der Waals surface area contributed by atoms with Crippen LogP contribution in [-0.2, 0) is 10.5 Å². The lowest BCUT2D eigenvalue weighted by molar-refractivity contribution is -0.113. The molecule has 3 aromatic carbocycles. The lowest BCUT2D eigenvalue weighted by Crippen LogP contribution is -2.31. The molecule has 0 spiro atoms. The molecule has 11 heteroatoms. The summed E-state index contributed by atoms with van der Waals surface area (Å²) in [6, 6.07) is 20.2. The van der Waals surface area contributed by atoms with Gasteiger partial charge in [0.05, 0.1) is 24.3 Å². The number of anilines is 2. The number of thioether (sulfide) groups is 1. The highest BCUT2D eigenvalue weighted by atomic mass is 79.9. The molecule has 0 fully saturated rings. The van der Waals surface area contributed by atoms with E-state index in [1.54, 1.807) is 18.9 Å². The van der Waals surface area contributed by atoms with Crippen LogP contribution in [0.4, 0.5) is 11.6 Å². The van der Waals surface area contributed by atoms with Crippen LogP contribution >= 0.6 is 39.3 Å². The van der Waals surface area contributed by atoms with E-state index in [1.807, 2.05) is 73.7 Å². The zero-order valence-corrected chi connectivity index (χ0v) is 24.5. The standard InChI is InChI=1S/C28H25BrClN5O3S/c1-16-23(26(36)32-19-10-5-4-6-11-19)24(18-13-20(29)25(38-3)22(14-18)37-2)35-27(31-16)33-28(34-35)39-15-17-9-7-8-12-21(17)30/h4-14,24H,15H2,1-3H3,(H,32,36)(H,31,33,34). The molecular weight excluding hydrogens is 602 g/mol. The molecule has 1 aliphatic heterocycles. The smallest absolute Gasteiger partial charge is 0.255 e. The molecule has 4 aromatic rings. The second kappa shape index (κ2) is 11.7. The predicted octanol–water partition coefficient (Wildman–Crippen LogP) is 6.93. The Morgan fingerprint density at radius 1 is 1.13 bits per heavy atom. The van der Waals surface area contributed by atoms with Gasteiger partial charge in [0.2, 0.25) is 11.1 Å². The fourth-order valence-corrected chi connectivity index (χ4v) is 6.10. The Morgan fingerprint density at radius 3 is 2.59 bits per heavy atom. The lowest BCUT2D eigenvalue weighted by Gasteiger charge is -2.29. The Labute approximate surface area is 243 Å². The summed E-state index contributed by atoms with van der Waals surface area (Å²) in [5.74, 6) is 1.95. The topological polar surface area (TPSA) is 90.3 Å². The third-order valence-electron chi connectivity index (χ3n) is 6.20. The molecule has 0 bridgehead atoms. The van der Waals surface area contributed by atoms with Crippen molar-refractivity contribution in [3.8, 4) is 11.5 Å². The average molecular weight is 627 g/mol. The van der Waals surface area contributed by atoms with Gasteiger partial charge in [-0.3, -0.25) is 4.79 Å². The molecule has 8 nitrogen and oxygen atoms in total. The van der Waals surface area contributed by atoms with Gasteiger partial charge >= 0.3 is 0 Å². The summed E-state index contributed by atoms with van der Waals surface area (Å²) in [6.45, 7) is 1.86. The van der Waals surface area contributed by atoms with E-state index in [2.05, 4.69) is 26.6 Å². The maximum absolute atomic E-state index is 13.7. The number of benzene rings is 3. The third kappa shape index (κ3) is 5.63. The first kappa shape index (κ1) is 27.1. The first-order valence-corrected chi connectivity index (χ1v) is 14.1. The van der Waals surface area contributed by atoms with E-state index in [1.165, 1.54) is 11.8 Å². The van der Waals surface area contributed by atoms with Crippen molar-refractivity contribution in [2.75, 3.05) is 24.9 Å². The average Bonchev–Trinajstić information content (AvgIpc) is 3.34. The maximum atomic E-state index is 13.7. The maximum Gasteiger partial charge on any atom is 0.255 e. The SMILES string of the molecule is COc1cc(C2C(C(=O)Nc3ccccc3)=C(C)Nc3nc(SCc4ccccc4Cl)nn32)cc(Br)c1OC.